The number of benzene rings is 11. The molecule has 0 saturated carbocycles. The van der Waals surface area contributed by atoms with Crippen LogP contribution in [0.2, 0.25) is 0 Å². The first-order valence-corrected chi connectivity index (χ1v) is 21.7. The summed E-state index contributed by atoms with van der Waals surface area (Å²) in [7, 11) is 0. The van der Waals surface area contributed by atoms with Gasteiger partial charge in [0.2, 0.25) is 0 Å². The van der Waals surface area contributed by atoms with Crippen molar-refractivity contribution in [2.24, 2.45) is 0 Å². The first kappa shape index (κ1) is 37.7. The minimum absolute atomic E-state index is 1.09. The Balaban J connectivity index is 1.01. The van der Waals surface area contributed by atoms with Gasteiger partial charge in [0.05, 0.1) is 0 Å². The summed E-state index contributed by atoms with van der Waals surface area (Å²) in [5, 5.41) is 5.00. The average Bonchev–Trinajstić information content (AvgIpc) is 3.37. The molecule has 0 aromatic heterocycles. The number of nitrogens with zero attached hydrogens (tertiary/aromatic N) is 1. The van der Waals surface area contributed by atoms with E-state index < -0.39 is 0 Å². The third kappa shape index (κ3) is 7.37. The van der Waals surface area contributed by atoms with Gasteiger partial charge in [0.25, 0.3) is 0 Å². The molecule has 0 radical (unpaired) electrons. The van der Waals surface area contributed by atoms with Crippen LogP contribution in [0.25, 0.3) is 88.3 Å². The molecule has 0 aliphatic rings. The Hall–Kier alpha value is -8.26. The highest BCUT2D eigenvalue weighted by atomic mass is 15.1. The first-order chi connectivity index (χ1) is 31.2. The molecule has 0 unspecified atom stereocenters. The van der Waals surface area contributed by atoms with Gasteiger partial charge in [0.1, 0.15) is 0 Å². The number of anilines is 3. The molecule has 0 spiro atoms. The third-order valence-electron chi connectivity index (χ3n) is 12.3. The van der Waals surface area contributed by atoms with Gasteiger partial charge in [-0.1, -0.05) is 218 Å². The smallest absolute Gasteiger partial charge is 0.0462 e. The number of fused-ring (bicyclic) bond motifs is 2. The zero-order valence-electron chi connectivity index (χ0n) is 34.8. The van der Waals surface area contributed by atoms with Gasteiger partial charge in [-0.05, 0) is 131 Å². The van der Waals surface area contributed by atoms with Gasteiger partial charge in [-0.15, -0.1) is 0 Å². The van der Waals surface area contributed by atoms with E-state index in [4.69, 9.17) is 0 Å². The highest BCUT2D eigenvalue weighted by Crippen LogP contribution is 2.42. The fourth-order valence-corrected chi connectivity index (χ4v) is 9.18. The second-order valence-electron chi connectivity index (χ2n) is 16.1. The van der Waals surface area contributed by atoms with Crippen LogP contribution in [-0.4, -0.2) is 0 Å². The fraction of sp³-hybridized carbons (Fsp3) is 0. The Morgan fingerprint density at radius 2 is 0.540 bits per heavy atom. The van der Waals surface area contributed by atoms with E-state index in [9.17, 15) is 0 Å². The van der Waals surface area contributed by atoms with Gasteiger partial charge in [-0.25, -0.2) is 0 Å². The van der Waals surface area contributed by atoms with Crippen LogP contribution in [0.4, 0.5) is 17.1 Å². The Labute approximate surface area is 369 Å². The van der Waals surface area contributed by atoms with E-state index in [1.54, 1.807) is 0 Å². The van der Waals surface area contributed by atoms with E-state index in [2.05, 4.69) is 266 Å². The van der Waals surface area contributed by atoms with E-state index in [1.165, 1.54) is 82.7 Å². The minimum atomic E-state index is 1.09. The zero-order valence-corrected chi connectivity index (χ0v) is 34.8. The van der Waals surface area contributed by atoms with Crippen LogP contribution in [-0.2, 0) is 0 Å². The van der Waals surface area contributed by atoms with E-state index in [-0.39, 0.29) is 0 Å². The third-order valence-corrected chi connectivity index (χ3v) is 12.3. The minimum Gasteiger partial charge on any atom is -0.311 e. The van der Waals surface area contributed by atoms with E-state index in [0.717, 1.165) is 22.6 Å². The average molecular weight is 802 g/mol. The lowest BCUT2D eigenvalue weighted by Crippen LogP contribution is -2.09. The molecule has 0 N–H and O–H groups in total. The standard InChI is InChI=1S/C62H43N/c1-4-15-44(16-5-1)45-27-34-52(35-28-45)63(53-36-29-49(30-37-53)56-26-14-22-48-21-10-11-23-55(48)56)54-38-31-50(32-39-54)62-43-51(33-40-58(62)47-19-8-3-9-20-47)59-42-41-57(46-17-6-2-7-18-46)60-24-12-13-25-61(59)60/h1-43H. The highest BCUT2D eigenvalue weighted by molar-refractivity contribution is 6.06. The quantitative estimate of drug-likeness (QED) is 0.141. The molecule has 0 amide bonds. The van der Waals surface area contributed by atoms with Gasteiger partial charge in [-0.3, -0.25) is 0 Å². The van der Waals surface area contributed by atoms with Crippen molar-refractivity contribution >= 4 is 38.6 Å². The van der Waals surface area contributed by atoms with Crippen LogP contribution in [0.15, 0.2) is 261 Å². The van der Waals surface area contributed by atoms with Crippen LogP contribution >= 0.6 is 0 Å². The molecule has 1 heteroatoms. The van der Waals surface area contributed by atoms with Crippen molar-refractivity contribution in [3.8, 4) is 66.8 Å². The zero-order chi connectivity index (χ0) is 42.0. The second kappa shape index (κ2) is 16.7. The van der Waals surface area contributed by atoms with Crippen molar-refractivity contribution in [2.45, 2.75) is 0 Å². The van der Waals surface area contributed by atoms with Gasteiger partial charge in [0, 0.05) is 17.1 Å². The number of rotatable bonds is 9. The molecule has 0 aliphatic heterocycles. The lowest BCUT2D eigenvalue weighted by Gasteiger charge is -2.26. The molecule has 11 aromatic rings. The number of hydrogen-bond acceptors (Lipinski definition) is 1. The molecule has 0 bridgehead atoms. The van der Waals surface area contributed by atoms with Crippen LogP contribution in [0.5, 0.6) is 0 Å². The van der Waals surface area contributed by atoms with Crippen molar-refractivity contribution in [1.82, 2.24) is 0 Å². The Kier molecular flexibility index (Phi) is 9.97. The summed E-state index contributed by atoms with van der Waals surface area (Å²) in [6.45, 7) is 0. The van der Waals surface area contributed by atoms with Gasteiger partial charge >= 0.3 is 0 Å². The van der Waals surface area contributed by atoms with Gasteiger partial charge in [0.15, 0.2) is 0 Å². The predicted molar refractivity (Wildman–Crippen MR) is 269 cm³/mol. The summed E-state index contributed by atoms with van der Waals surface area (Å²) in [5.74, 6) is 0. The molecule has 0 saturated heterocycles. The molecular weight excluding hydrogens is 759 g/mol. The van der Waals surface area contributed by atoms with E-state index in [1.807, 2.05) is 0 Å². The van der Waals surface area contributed by atoms with Gasteiger partial charge < -0.3 is 4.90 Å². The summed E-state index contributed by atoms with van der Waals surface area (Å²) < 4.78 is 0. The van der Waals surface area contributed by atoms with Crippen LogP contribution in [0.3, 0.4) is 0 Å². The molecule has 11 rings (SSSR count). The monoisotopic (exact) mass is 801 g/mol. The summed E-state index contributed by atoms with van der Waals surface area (Å²) >= 11 is 0. The highest BCUT2D eigenvalue weighted by Gasteiger charge is 2.17. The number of hydrogen-bond donors (Lipinski definition) is 0. The van der Waals surface area contributed by atoms with Crippen LogP contribution in [0.1, 0.15) is 0 Å². The molecule has 11 aromatic carbocycles. The molecular formula is C62H43N. The Morgan fingerprint density at radius 1 is 0.190 bits per heavy atom. The van der Waals surface area contributed by atoms with Crippen LogP contribution < -0.4 is 4.90 Å². The van der Waals surface area contributed by atoms with E-state index in [0.29, 0.717) is 0 Å². The molecule has 63 heavy (non-hydrogen) atoms. The van der Waals surface area contributed by atoms with Crippen molar-refractivity contribution in [3.05, 3.63) is 261 Å². The van der Waals surface area contributed by atoms with Crippen molar-refractivity contribution in [3.63, 3.8) is 0 Å². The summed E-state index contributed by atoms with van der Waals surface area (Å²) in [5.41, 5.74) is 17.7. The Morgan fingerprint density at radius 3 is 1.11 bits per heavy atom. The summed E-state index contributed by atoms with van der Waals surface area (Å²) in [4.78, 5) is 2.36. The molecule has 296 valence electrons. The maximum absolute atomic E-state index is 2.38. The van der Waals surface area contributed by atoms with Crippen molar-refractivity contribution in [1.29, 1.82) is 0 Å². The first-order valence-electron chi connectivity index (χ1n) is 21.7. The van der Waals surface area contributed by atoms with Gasteiger partial charge in [-0.2, -0.15) is 0 Å². The normalized spacial score (nSPS) is 11.2. The topological polar surface area (TPSA) is 3.24 Å². The Bertz CT molecular complexity index is 3330. The van der Waals surface area contributed by atoms with Crippen LogP contribution in [0, 0.1) is 0 Å². The second-order valence-corrected chi connectivity index (χ2v) is 16.1. The lowest BCUT2D eigenvalue weighted by atomic mass is 9.88. The molecule has 0 fully saturated rings. The summed E-state index contributed by atoms with van der Waals surface area (Å²) in [6.07, 6.45) is 0. The largest absolute Gasteiger partial charge is 0.311 e. The molecule has 0 atom stereocenters. The fourth-order valence-electron chi connectivity index (χ4n) is 9.18. The lowest BCUT2D eigenvalue weighted by molar-refractivity contribution is 1.28. The summed E-state index contributed by atoms with van der Waals surface area (Å²) in [6, 6.07) is 94.6. The molecule has 1 nitrogen and oxygen atoms in total. The van der Waals surface area contributed by atoms with E-state index >= 15 is 0 Å². The molecule has 0 aliphatic carbocycles. The SMILES string of the molecule is c1ccc(-c2ccc(N(c3ccc(-c4cc(-c5ccc(-c6ccccc6)c6ccccc56)ccc4-c4ccccc4)cc3)c3ccc(-c4cccc5ccccc45)cc3)cc2)cc1. The maximum atomic E-state index is 2.38. The van der Waals surface area contributed by atoms with Crippen molar-refractivity contribution in [2.75, 3.05) is 4.90 Å². The molecule has 0 heterocycles. The predicted octanol–water partition coefficient (Wildman–Crippen LogP) is 17.5. The maximum Gasteiger partial charge on any atom is 0.0462 e. The van der Waals surface area contributed by atoms with Crippen molar-refractivity contribution < 1.29 is 0 Å².